The van der Waals surface area contributed by atoms with Crippen LogP contribution in [0.25, 0.3) is 0 Å². The number of anilines is 1. The molecule has 206 valence electrons. The van der Waals surface area contributed by atoms with Gasteiger partial charge in [0.2, 0.25) is 0 Å². The quantitative estimate of drug-likeness (QED) is 0.204. The average Bonchev–Trinajstić information content (AvgIpc) is 2.94. The van der Waals surface area contributed by atoms with Crippen molar-refractivity contribution < 1.29 is 41.3 Å². The molecule has 3 aromatic carbocycles. The van der Waals surface area contributed by atoms with Crippen molar-refractivity contribution in [2.24, 2.45) is 5.10 Å². The zero-order valence-electron chi connectivity index (χ0n) is 21.3. The Kier molecular flexibility index (Phi) is 9.81. The summed E-state index contributed by atoms with van der Waals surface area (Å²) in [7, 11) is -0.296. The van der Waals surface area contributed by atoms with Gasteiger partial charge in [0.05, 0.1) is 38.1 Å². The van der Waals surface area contributed by atoms with Gasteiger partial charge in [0, 0.05) is 6.07 Å². The predicted molar refractivity (Wildman–Crippen MR) is 140 cm³/mol. The second-order valence-electron chi connectivity index (χ2n) is 7.74. The number of nitrogens with one attached hydrogen (secondary N) is 1. The molecule has 11 nitrogen and oxygen atoms in total. The first-order valence-corrected chi connectivity index (χ1v) is 12.7. The van der Waals surface area contributed by atoms with Crippen molar-refractivity contribution >= 4 is 33.8 Å². The maximum atomic E-state index is 13.6. The van der Waals surface area contributed by atoms with E-state index in [9.17, 15) is 22.4 Å². The first kappa shape index (κ1) is 28.9. The van der Waals surface area contributed by atoms with E-state index in [1.165, 1.54) is 57.9 Å². The fraction of sp³-hybridized carbons (Fsp3) is 0.192. The van der Waals surface area contributed by atoms with Crippen molar-refractivity contribution in [3.63, 3.8) is 0 Å². The first-order chi connectivity index (χ1) is 18.7. The molecule has 13 heteroatoms. The van der Waals surface area contributed by atoms with Gasteiger partial charge in [-0.25, -0.2) is 23.0 Å². The number of carbonyl (C=O) groups is 2. The Bertz CT molecular complexity index is 1450. The number of esters is 1. The number of carbonyl (C=O) groups excluding carboxylic acids is 2. The van der Waals surface area contributed by atoms with E-state index in [1.807, 2.05) is 0 Å². The molecule has 0 radical (unpaired) electrons. The lowest BCUT2D eigenvalue weighted by Gasteiger charge is -2.24. The number of halogens is 1. The van der Waals surface area contributed by atoms with E-state index < -0.39 is 34.3 Å². The number of benzene rings is 3. The fourth-order valence-corrected chi connectivity index (χ4v) is 4.69. The number of rotatable bonds is 12. The van der Waals surface area contributed by atoms with Gasteiger partial charge in [-0.2, -0.15) is 5.10 Å². The number of ether oxygens (including phenoxy) is 4. The molecule has 0 spiro atoms. The summed E-state index contributed by atoms with van der Waals surface area (Å²) in [4.78, 5) is 23.8. The van der Waals surface area contributed by atoms with Crippen molar-refractivity contribution in [2.75, 3.05) is 38.8 Å². The number of nitrogens with zero attached hydrogens (tertiary/aromatic N) is 2. The van der Waals surface area contributed by atoms with Gasteiger partial charge in [0.15, 0.2) is 18.1 Å². The minimum atomic E-state index is -4.31. The van der Waals surface area contributed by atoms with E-state index >= 15 is 0 Å². The van der Waals surface area contributed by atoms with Crippen LogP contribution in [0.2, 0.25) is 0 Å². The third-order valence-electron chi connectivity index (χ3n) is 5.19. The van der Waals surface area contributed by atoms with Crippen molar-refractivity contribution in [2.45, 2.75) is 4.90 Å². The van der Waals surface area contributed by atoms with E-state index in [4.69, 9.17) is 14.2 Å². The van der Waals surface area contributed by atoms with E-state index in [0.29, 0.717) is 17.1 Å². The van der Waals surface area contributed by atoms with E-state index in [2.05, 4.69) is 15.3 Å². The van der Waals surface area contributed by atoms with Gasteiger partial charge < -0.3 is 18.9 Å². The number of methoxy groups -OCH3 is 3. The van der Waals surface area contributed by atoms with Crippen LogP contribution in [0.4, 0.5) is 10.1 Å². The van der Waals surface area contributed by atoms with Crippen LogP contribution in [0, 0.1) is 5.82 Å². The third kappa shape index (κ3) is 7.68. The Morgan fingerprint density at radius 1 is 0.974 bits per heavy atom. The molecule has 0 aliphatic heterocycles. The summed E-state index contributed by atoms with van der Waals surface area (Å²) in [5.41, 5.74) is 2.87. The lowest BCUT2D eigenvalue weighted by Crippen LogP contribution is -2.39. The Morgan fingerprint density at radius 3 is 2.36 bits per heavy atom. The standard InChI is InChI=1S/C26H26FN3O8S/c1-35-23-12-11-22(14-24(23)36-2)39(33,34)30(20-9-7-19(27)8-10-20)16-25(31)29-28-15-18-5-4-6-21(13-18)38-17-26(32)37-3/h4-15H,16-17H2,1-3H3,(H,29,31)/b28-15-. The molecule has 0 bridgehead atoms. The van der Waals surface area contributed by atoms with Crippen molar-refractivity contribution in [1.82, 2.24) is 5.43 Å². The van der Waals surface area contributed by atoms with Gasteiger partial charge in [0.1, 0.15) is 18.1 Å². The highest BCUT2D eigenvalue weighted by Crippen LogP contribution is 2.32. The smallest absolute Gasteiger partial charge is 0.343 e. The maximum Gasteiger partial charge on any atom is 0.343 e. The molecule has 0 saturated heterocycles. The third-order valence-corrected chi connectivity index (χ3v) is 6.96. The monoisotopic (exact) mass is 559 g/mol. The predicted octanol–water partition coefficient (Wildman–Crippen LogP) is 2.74. The maximum absolute atomic E-state index is 13.6. The summed E-state index contributed by atoms with van der Waals surface area (Å²) in [5.74, 6) is -1.03. The molecule has 1 amide bonds. The molecule has 0 aliphatic rings. The molecule has 0 aromatic heterocycles. The highest BCUT2D eigenvalue weighted by molar-refractivity contribution is 7.92. The van der Waals surface area contributed by atoms with Gasteiger partial charge in [-0.3, -0.25) is 9.10 Å². The second kappa shape index (κ2) is 13.2. The first-order valence-electron chi connectivity index (χ1n) is 11.3. The Labute approximate surface area is 224 Å². The van der Waals surface area contributed by atoms with Crippen LogP contribution in [0.5, 0.6) is 17.2 Å². The largest absolute Gasteiger partial charge is 0.493 e. The molecule has 1 N–H and O–H groups in total. The zero-order chi connectivity index (χ0) is 28.4. The molecule has 3 aromatic rings. The van der Waals surface area contributed by atoms with Crippen molar-refractivity contribution in [3.05, 3.63) is 78.1 Å². The van der Waals surface area contributed by atoms with Gasteiger partial charge in [0.25, 0.3) is 15.9 Å². The molecule has 39 heavy (non-hydrogen) atoms. The van der Waals surface area contributed by atoms with Crippen LogP contribution in [-0.2, 0) is 24.3 Å². The molecular formula is C26H26FN3O8S. The van der Waals surface area contributed by atoms with Gasteiger partial charge in [-0.1, -0.05) is 12.1 Å². The van der Waals surface area contributed by atoms with Crippen LogP contribution in [-0.4, -0.2) is 61.0 Å². The summed E-state index contributed by atoms with van der Waals surface area (Å²) in [5, 5.41) is 3.87. The highest BCUT2D eigenvalue weighted by Gasteiger charge is 2.28. The normalized spacial score (nSPS) is 11.1. The van der Waals surface area contributed by atoms with Crippen LogP contribution < -0.4 is 23.9 Å². The molecule has 0 atom stereocenters. The number of hydrogen-bond donors (Lipinski definition) is 1. The summed E-state index contributed by atoms with van der Waals surface area (Å²) in [6.07, 6.45) is 1.31. The number of sulfonamides is 1. The number of hydrazone groups is 1. The molecule has 0 aliphatic carbocycles. The Balaban J connectivity index is 1.80. The summed E-state index contributed by atoms with van der Waals surface area (Å²) in [6.45, 7) is -0.941. The molecule has 0 heterocycles. The average molecular weight is 560 g/mol. The van der Waals surface area contributed by atoms with Crippen molar-refractivity contribution in [3.8, 4) is 17.2 Å². The molecule has 0 unspecified atom stereocenters. The lowest BCUT2D eigenvalue weighted by atomic mass is 10.2. The SMILES string of the molecule is COC(=O)COc1cccc(/C=N\NC(=O)CN(c2ccc(F)cc2)S(=O)(=O)c2ccc(OC)c(OC)c2)c1. The number of hydrogen-bond acceptors (Lipinski definition) is 9. The zero-order valence-corrected chi connectivity index (χ0v) is 22.1. The summed E-state index contributed by atoms with van der Waals surface area (Å²) >= 11 is 0. The summed E-state index contributed by atoms with van der Waals surface area (Å²) < 4.78 is 61.7. The minimum Gasteiger partial charge on any atom is -0.493 e. The second-order valence-corrected chi connectivity index (χ2v) is 9.60. The van der Waals surface area contributed by atoms with Crippen molar-refractivity contribution in [1.29, 1.82) is 0 Å². The van der Waals surface area contributed by atoms with E-state index in [-0.39, 0.29) is 22.9 Å². The van der Waals surface area contributed by atoms with Crippen LogP contribution in [0.15, 0.2) is 76.7 Å². The Morgan fingerprint density at radius 2 is 1.69 bits per heavy atom. The molecule has 0 saturated carbocycles. The van der Waals surface area contributed by atoms with E-state index in [1.54, 1.807) is 24.3 Å². The highest BCUT2D eigenvalue weighted by atomic mass is 32.2. The minimum absolute atomic E-state index is 0.0563. The Hall–Kier alpha value is -4.65. The molecule has 0 fully saturated rings. The van der Waals surface area contributed by atoms with Gasteiger partial charge >= 0.3 is 5.97 Å². The van der Waals surface area contributed by atoms with Crippen LogP contribution in [0.3, 0.4) is 0 Å². The summed E-state index contributed by atoms with van der Waals surface area (Å²) in [6, 6.07) is 15.2. The topological polar surface area (TPSA) is 133 Å². The number of amides is 1. The molecular weight excluding hydrogens is 533 g/mol. The fourth-order valence-electron chi connectivity index (χ4n) is 3.26. The van der Waals surface area contributed by atoms with Crippen LogP contribution >= 0.6 is 0 Å². The van der Waals surface area contributed by atoms with Gasteiger partial charge in [-0.05, 0) is 54.1 Å². The van der Waals surface area contributed by atoms with Crippen LogP contribution in [0.1, 0.15) is 5.56 Å². The van der Waals surface area contributed by atoms with E-state index in [0.717, 1.165) is 16.4 Å². The molecule has 3 rings (SSSR count). The lowest BCUT2D eigenvalue weighted by molar-refractivity contribution is -0.142. The van der Waals surface area contributed by atoms with Gasteiger partial charge in [-0.15, -0.1) is 0 Å².